The molecular weight excluding hydrogens is 262 g/mol. The van der Waals surface area contributed by atoms with Crippen molar-refractivity contribution in [1.82, 2.24) is 5.32 Å². The number of rotatable bonds is 6. The number of hydrogen-bond donors (Lipinski definition) is 1. The first-order valence-corrected chi connectivity index (χ1v) is 8.41. The lowest BCUT2D eigenvalue weighted by molar-refractivity contribution is 0.0981. The highest BCUT2D eigenvalue weighted by Crippen LogP contribution is 2.32. The van der Waals surface area contributed by atoms with E-state index in [-0.39, 0.29) is 0 Å². The number of benzene rings is 1. The Balaban J connectivity index is 1.51. The normalized spacial score (nSPS) is 24.8. The van der Waals surface area contributed by atoms with Crippen LogP contribution in [0.3, 0.4) is 0 Å². The Morgan fingerprint density at radius 2 is 2.24 bits per heavy atom. The lowest BCUT2D eigenvalue weighted by atomic mass is 9.87. The minimum absolute atomic E-state index is 0.478. The van der Waals surface area contributed by atoms with Gasteiger partial charge in [0.2, 0.25) is 0 Å². The molecule has 0 spiro atoms. The molecule has 1 aromatic carbocycles. The second-order valence-electron chi connectivity index (χ2n) is 6.22. The van der Waals surface area contributed by atoms with Crippen molar-refractivity contribution in [3.05, 3.63) is 29.3 Å². The fourth-order valence-corrected chi connectivity index (χ4v) is 3.54. The Labute approximate surface area is 128 Å². The van der Waals surface area contributed by atoms with Crippen LogP contribution in [-0.4, -0.2) is 26.4 Å². The molecule has 2 aliphatic rings. The summed E-state index contributed by atoms with van der Waals surface area (Å²) < 4.78 is 11.6. The lowest BCUT2D eigenvalue weighted by Crippen LogP contribution is -2.21. The van der Waals surface area contributed by atoms with Gasteiger partial charge in [0, 0.05) is 12.6 Å². The van der Waals surface area contributed by atoms with Crippen LogP contribution in [0.2, 0.25) is 0 Å². The molecule has 1 aliphatic carbocycles. The SMILES string of the molecule is CNC1CCCc2ccc(OCCCC3CCCO3)cc21. The van der Waals surface area contributed by atoms with E-state index in [9.17, 15) is 0 Å². The predicted octanol–water partition coefficient (Wildman–Crippen LogP) is 3.62. The second kappa shape index (κ2) is 7.28. The quantitative estimate of drug-likeness (QED) is 0.811. The smallest absolute Gasteiger partial charge is 0.119 e. The molecule has 0 bridgehead atoms. The molecule has 1 heterocycles. The van der Waals surface area contributed by atoms with Gasteiger partial charge in [0.15, 0.2) is 0 Å². The van der Waals surface area contributed by atoms with Gasteiger partial charge in [0.05, 0.1) is 12.7 Å². The van der Waals surface area contributed by atoms with Gasteiger partial charge in [-0.25, -0.2) is 0 Å². The average Bonchev–Trinajstić information content (AvgIpc) is 3.04. The molecule has 0 radical (unpaired) electrons. The molecule has 1 aliphatic heterocycles. The highest BCUT2D eigenvalue weighted by molar-refractivity contribution is 5.39. The van der Waals surface area contributed by atoms with Crippen LogP contribution in [0.4, 0.5) is 0 Å². The summed E-state index contributed by atoms with van der Waals surface area (Å²) in [6.07, 6.45) is 8.84. The number of nitrogens with one attached hydrogen (secondary N) is 1. The van der Waals surface area contributed by atoms with E-state index in [1.54, 1.807) is 0 Å². The Morgan fingerprint density at radius 1 is 1.29 bits per heavy atom. The third-order valence-corrected chi connectivity index (χ3v) is 4.74. The van der Waals surface area contributed by atoms with Crippen molar-refractivity contribution >= 4 is 0 Å². The van der Waals surface area contributed by atoms with E-state index >= 15 is 0 Å². The Hall–Kier alpha value is -1.06. The zero-order valence-electron chi connectivity index (χ0n) is 13.1. The molecule has 21 heavy (non-hydrogen) atoms. The maximum atomic E-state index is 5.94. The first-order chi connectivity index (χ1) is 10.4. The zero-order valence-corrected chi connectivity index (χ0v) is 13.1. The zero-order chi connectivity index (χ0) is 14.5. The number of ether oxygens (including phenoxy) is 2. The summed E-state index contributed by atoms with van der Waals surface area (Å²) in [6, 6.07) is 7.10. The number of aryl methyl sites for hydroxylation is 1. The first kappa shape index (κ1) is 14.9. The van der Waals surface area contributed by atoms with Crippen LogP contribution in [-0.2, 0) is 11.2 Å². The van der Waals surface area contributed by atoms with Crippen LogP contribution in [0.1, 0.15) is 55.7 Å². The van der Waals surface area contributed by atoms with Crippen molar-refractivity contribution in [2.24, 2.45) is 0 Å². The van der Waals surface area contributed by atoms with E-state index < -0.39 is 0 Å². The molecule has 0 saturated carbocycles. The molecule has 2 atom stereocenters. The van der Waals surface area contributed by atoms with Crippen molar-refractivity contribution < 1.29 is 9.47 Å². The van der Waals surface area contributed by atoms with Crippen molar-refractivity contribution in [2.45, 2.75) is 57.1 Å². The number of fused-ring (bicyclic) bond motifs is 1. The van der Waals surface area contributed by atoms with E-state index in [0.29, 0.717) is 12.1 Å². The molecule has 0 aromatic heterocycles. The highest BCUT2D eigenvalue weighted by Gasteiger charge is 2.19. The predicted molar refractivity (Wildman–Crippen MR) is 84.9 cm³/mol. The molecule has 116 valence electrons. The molecule has 3 nitrogen and oxygen atoms in total. The molecule has 1 saturated heterocycles. The molecule has 1 N–H and O–H groups in total. The molecule has 3 heteroatoms. The fraction of sp³-hybridized carbons (Fsp3) is 0.667. The van der Waals surface area contributed by atoms with Gasteiger partial charge in [-0.1, -0.05) is 6.07 Å². The first-order valence-electron chi connectivity index (χ1n) is 8.41. The van der Waals surface area contributed by atoms with Crippen LogP contribution in [0.15, 0.2) is 18.2 Å². The van der Waals surface area contributed by atoms with Crippen LogP contribution >= 0.6 is 0 Å². The molecule has 3 rings (SSSR count). The Kier molecular flexibility index (Phi) is 5.15. The summed E-state index contributed by atoms with van der Waals surface area (Å²) in [5, 5.41) is 3.42. The van der Waals surface area contributed by atoms with Crippen molar-refractivity contribution in [1.29, 1.82) is 0 Å². The van der Waals surface area contributed by atoms with Gasteiger partial charge in [0.1, 0.15) is 5.75 Å². The van der Waals surface area contributed by atoms with Gasteiger partial charge in [-0.05, 0) is 75.3 Å². The van der Waals surface area contributed by atoms with Crippen molar-refractivity contribution in [2.75, 3.05) is 20.3 Å². The molecule has 2 unspecified atom stereocenters. The topological polar surface area (TPSA) is 30.5 Å². The van der Waals surface area contributed by atoms with Gasteiger partial charge < -0.3 is 14.8 Å². The monoisotopic (exact) mass is 289 g/mol. The summed E-state index contributed by atoms with van der Waals surface area (Å²) in [7, 11) is 2.05. The van der Waals surface area contributed by atoms with Gasteiger partial charge in [-0.2, -0.15) is 0 Å². The Morgan fingerprint density at radius 3 is 3.05 bits per heavy atom. The van der Waals surface area contributed by atoms with Crippen molar-refractivity contribution in [3.8, 4) is 5.75 Å². The maximum absolute atomic E-state index is 5.94. The van der Waals surface area contributed by atoms with Crippen LogP contribution in [0.25, 0.3) is 0 Å². The standard InChI is InChI=1S/C18H27NO2/c1-19-18-8-2-5-14-9-10-16(13-17(14)18)21-12-4-7-15-6-3-11-20-15/h9-10,13,15,18-19H,2-8,11-12H2,1H3. The fourth-order valence-electron chi connectivity index (χ4n) is 3.54. The van der Waals surface area contributed by atoms with Crippen LogP contribution < -0.4 is 10.1 Å². The van der Waals surface area contributed by atoms with E-state index in [4.69, 9.17) is 9.47 Å². The van der Waals surface area contributed by atoms with Gasteiger partial charge in [-0.15, -0.1) is 0 Å². The van der Waals surface area contributed by atoms with Gasteiger partial charge in [-0.3, -0.25) is 0 Å². The van der Waals surface area contributed by atoms with Crippen LogP contribution in [0.5, 0.6) is 5.75 Å². The minimum Gasteiger partial charge on any atom is -0.494 e. The van der Waals surface area contributed by atoms with Crippen LogP contribution in [0, 0.1) is 0 Å². The molecule has 0 amide bonds. The second-order valence-corrected chi connectivity index (χ2v) is 6.22. The Bertz CT molecular complexity index is 455. The molecule has 1 fully saturated rings. The third kappa shape index (κ3) is 3.78. The maximum Gasteiger partial charge on any atom is 0.119 e. The van der Waals surface area contributed by atoms with E-state index in [1.165, 1.54) is 43.2 Å². The van der Waals surface area contributed by atoms with Crippen molar-refractivity contribution in [3.63, 3.8) is 0 Å². The van der Waals surface area contributed by atoms with Gasteiger partial charge in [0.25, 0.3) is 0 Å². The summed E-state index contributed by atoms with van der Waals surface area (Å²) in [5.74, 6) is 1.02. The largest absolute Gasteiger partial charge is 0.494 e. The van der Waals surface area contributed by atoms with E-state index in [2.05, 4.69) is 30.6 Å². The van der Waals surface area contributed by atoms with Gasteiger partial charge >= 0.3 is 0 Å². The minimum atomic E-state index is 0.478. The molecular formula is C18H27NO2. The lowest BCUT2D eigenvalue weighted by Gasteiger charge is -2.25. The molecule has 1 aromatic rings. The highest BCUT2D eigenvalue weighted by atomic mass is 16.5. The third-order valence-electron chi connectivity index (χ3n) is 4.74. The summed E-state index contributed by atoms with van der Waals surface area (Å²) in [5.41, 5.74) is 2.91. The summed E-state index contributed by atoms with van der Waals surface area (Å²) >= 11 is 0. The average molecular weight is 289 g/mol. The van der Waals surface area contributed by atoms with E-state index in [0.717, 1.165) is 31.8 Å². The summed E-state index contributed by atoms with van der Waals surface area (Å²) in [4.78, 5) is 0. The summed E-state index contributed by atoms with van der Waals surface area (Å²) in [6.45, 7) is 1.74. The van der Waals surface area contributed by atoms with E-state index in [1.807, 2.05) is 0 Å². The number of hydrogen-bond acceptors (Lipinski definition) is 3.